The van der Waals surface area contributed by atoms with Crippen molar-refractivity contribution in [1.29, 1.82) is 5.26 Å². The second kappa shape index (κ2) is 7.24. The highest BCUT2D eigenvalue weighted by Gasteiger charge is 2.43. The highest BCUT2D eigenvalue weighted by atomic mass is 35.5. The zero-order valence-corrected chi connectivity index (χ0v) is 16.9. The van der Waals surface area contributed by atoms with Crippen molar-refractivity contribution in [3.63, 3.8) is 0 Å². The monoisotopic (exact) mass is 435 g/mol. The molecule has 0 bridgehead atoms. The number of fused-ring (bicyclic) bond motifs is 1. The van der Waals surface area contributed by atoms with Crippen molar-refractivity contribution in [3.8, 4) is 6.07 Å². The summed E-state index contributed by atoms with van der Waals surface area (Å²) < 4.78 is 0. The van der Waals surface area contributed by atoms with E-state index in [0.29, 0.717) is 4.90 Å². The molecular weight excluding hydrogens is 424 g/mol. The molecule has 0 aromatic heterocycles. The summed E-state index contributed by atoms with van der Waals surface area (Å²) >= 11 is 23.9. The van der Waals surface area contributed by atoms with Gasteiger partial charge in [0.2, 0.25) is 5.91 Å². The van der Waals surface area contributed by atoms with Gasteiger partial charge >= 0.3 is 0 Å². The van der Waals surface area contributed by atoms with E-state index >= 15 is 0 Å². The van der Waals surface area contributed by atoms with Gasteiger partial charge in [0.25, 0.3) is 11.8 Å². The molecule has 1 aromatic rings. The van der Waals surface area contributed by atoms with Crippen molar-refractivity contribution in [2.45, 2.75) is 26.3 Å². The average Bonchev–Trinajstić information content (AvgIpc) is 2.82. The van der Waals surface area contributed by atoms with E-state index in [1.807, 2.05) is 6.07 Å². The first-order valence-corrected chi connectivity index (χ1v) is 8.91. The van der Waals surface area contributed by atoms with Gasteiger partial charge < -0.3 is 5.32 Å². The summed E-state index contributed by atoms with van der Waals surface area (Å²) in [5.74, 6) is -2.50. The number of benzene rings is 1. The molecule has 1 aromatic carbocycles. The minimum Gasteiger partial charge on any atom is -0.336 e. The molecule has 0 aliphatic carbocycles. The first-order valence-electron chi connectivity index (χ1n) is 7.40. The number of nitrogens with zero attached hydrogens (tertiary/aromatic N) is 2. The van der Waals surface area contributed by atoms with Gasteiger partial charge in [0.15, 0.2) is 0 Å². The van der Waals surface area contributed by atoms with E-state index < -0.39 is 29.8 Å². The van der Waals surface area contributed by atoms with Crippen LogP contribution in [0, 0.1) is 17.2 Å². The van der Waals surface area contributed by atoms with Gasteiger partial charge in [-0.25, -0.2) is 0 Å². The second-order valence-corrected chi connectivity index (χ2v) is 7.73. The van der Waals surface area contributed by atoms with Crippen molar-refractivity contribution in [1.82, 2.24) is 10.2 Å². The standard InChI is InChI=1S/C16H13Cl4N3O3/c1-6(2)16(3,5-21)22-7(24)4-23-14(25)8-9(15(23)26)11(18)13(20)12(19)10(8)17/h6H,4H2,1-3H3,(H,22,24)/t16-/m0/s1. The third-order valence-electron chi connectivity index (χ3n) is 4.27. The minimum atomic E-state index is -1.16. The van der Waals surface area contributed by atoms with E-state index in [4.69, 9.17) is 46.4 Å². The van der Waals surface area contributed by atoms with Crippen LogP contribution >= 0.6 is 46.4 Å². The zero-order chi connectivity index (χ0) is 20.0. The number of carbonyl (C=O) groups is 3. The number of amides is 3. The van der Waals surface area contributed by atoms with Gasteiger partial charge in [-0.3, -0.25) is 19.3 Å². The fraction of sp³-hybridized carbons (Fsp3) is 0.375. The van der Waals surface area contributed by atoms with Crippen LogP contribution in [0.15, 0.2) is 0 Å². The molecule has 1 aliphatic heterocycles. The van der Waals surface area contributed by atoms with Crippen LogP contribution in [0.2, 0.25) is 20.1 Å². The van der Waals surface area contributed by atoms with Crippen molar-refractivity contribution in [2.75, 3.05) is 6.54 Å². The van der Waals surface area contributed by atoms with E-state index in [1.165, 1.54) is 0 Å². The quantitative estimate of drug-likeness (QED) is 0.439. The lowest BCUT2D eigenvalue weighted by molar-refractivity contribution is -0.123. The molecule has 1 N–H and O–H groups in total. The smallest absolute Gasteiger partial charge is 0.263 e. The number of nitrogens with one attached hydrogen (secondary N) is 1. The first kappa shape index (κ1) is 20.8. The lowest BCUT2D eigenvalue weighted by Crippen LogP contribution is -2.52. The molecule has 10 heteroatoms. The van der Waals surface area contributed by atoms with Crippen LogP contribution in [0.1, 0.15) is 41.5 Å². The van der Waals surface area contributed by atoms with E-state index in [-0.39, 0.29) is 37.1 Å². The number of imide groups is 1. The summed E-state index contributed by atoms with van der Waals surface area (Å²) in [5.41, 5.74) is -1.55. The molecule has 1 heterocycles. The van der Waals surface area contributed by atoms with Crippen molar-refractivity contribution >= 4 is 64.1 Å². The molecular formula is C16H13Cl4N3O3. The molecule has 0 unspecified atom stereocenters. The molecule has 0 fully saturated rings. The summed E-state index contributed by atoms with van der Waals surface area (Å²) in [6, 6.07) is 2.01. The van der Waals surface area contributed by atoms with Crippen LogP contribution in [-0.4, -0.2) is 34.7 Å². The Morgan fingerprint density at radius 3 is 1.85 bits per heavy atom. The fourth-order valence-electron chi connectivity index (χ4n) is 2.31. The predicted molar refractivity (Wildman–Crippen MR) is 98.8 cm³/mol. The van der Waals surface area contributed by atoms with Gasteiger partial charge in [0.05, 0.1) is 37.3 Å². The summed E-state index contributed by atoms with van der Waals surface area (Å²) in [7, 11) is 0. The molecule has 0 saturated carbocycles. The van der Waals surface area contributed by atoms with Crippen LogP contribution in [0.25, 0.3) is 0 Å². The van der Waals surface area contributed by atoms with Gasteiger partial charge in [0, 0.05) is 0 Å². The third-order valence-corrected chi connectivity index (χ3v) is 6.07. The molecule has 0 saturated heterocycles. The van der Waals surface area contributed by atoms with Gasteiger partial charge in [-0.05, 0) is 12.8 Å². The second-order valence-electron chi connectivity index (χ2n) is 6.22. The molecule has 0 spiro atoms. The predicted octanol–water partition coefficient (Wildman–Crippen LogP) is 3.95. The van der Waals surface area contributed by atoms with Gasteiger partial charge in [-0.15, -0.1) is 0 Å². The Morgan fingerprint density at radius 1 is 1.08 bits per heavy atom. The van der Waals surface area contributed by atoms with Crippen LogP contribution in [0.5, 0.6) is 0 Å². The minimum absolute atomic E-state index is 0.151. The van der Waals surface area contributed by atoms with Gasteiger partial charge in [0.1, 0.15) is 12.1 Å². The molecule has 6 nitrogen and oxygen atoms in total. The van der Waals surface area contributed by atoms with E-state index in [2.05, 4.69) is 5.32 Å². The maximum Gasteiger partial charge on any atom is 0.263 e. The lowest BCUT2D eigenvalue weighted by atomic mass is 9.90. The third kappa shape index (κ3) is 3.25. The van der Waals surface area contributed by atoms with E-state index in [0.717, 1.165) is 0 Å². The zero-order valence-electron chi connectivity index (χ0n) is 13.9. The van der Waals surface area contributed by atoms with Crippen molar-refractivity contribution in [2.24, 2.45) is 5.92 Å². The maximum absolute atomic E-state index is 12.6. The SMILES string of the molecule is CC(C)[C@](C)(C#N)NC(=O)CN1C(=O)c2c(Cl)c(Cl)c(Cl)c(Cl)c2C1=O. The summed E-state index contributed by atoms with van der Waals surface area (Å²) in [5, 5.41) is 11.1. The molecule has 2 rings (SSSR count). The van der Waals surface area contributed by atoms with Crippen molar-refractivity contribution < 1.29 is 14.4 Å². The Bertz CT molecular complexity index is 832. The number of carbonyl (C=O) groups excluding carboxylic acids is 3. The Kier molecular flexibility index (Phi) is 5.79. The molecule has 26 heavy (non-hydrogen) atoms. The van der Waals surface area contributed by atoms with Gasteiger partial charge in [-0.1, -0.05) is 60.3 Å². The Labute approximate surface area is 169 Å². The van der Waals surface area contributed by atoms with Crippen LogP contribution in [0.3, 0.4) is 0 Å². The Balaban J connectivity index is 2.35. The normalized spacial score (nSPS) is 15.7. The highest BCUT2D eigenvalue weighted by molar-refractivity contribution is 6.55. The number of halogens is 4. The van der Waals surface area contributed by atoms with E-state index in [1.54, 1.807) is 20.8 Å². The number of rotatable bonds is 4. The molecule has 0 radical (unpaired) electrons. The Hall–Kier alpha value is -1.52. The summed E-state index contributed by atoms with van der Waals surface area (Å²) in [6.07, 6.45) is 0. The summed E-state index contributed by atoms with van der Waals surface area (Å²) in [4.78, 5) is 38.1. The number of hydrogen-bond donors (Lipinski definition) is 1. The van der Waals surface area contributed by atoms with Crippen LogP contribution in [-0.2, 0) is 4.79 Å². The fourth-order valence-corrected chi connectivity index (χ4v) is 3.33. The van der Waals surface area contributed by atoms with Crippen LogP contribution < -0.4 is 5.32 Å². The average molecular weight is 437 g/mol. The molecule has 1 atom stereocenters. The van der Waals surface area contributed by atoms with E-state index in [9.17, 15) is 19.6 Å². The van der Waals surface area contributed by atoms with Gasteiger partial charge in [-0.2, -0.15) is 5.26 Å². The lowest BCUT2D eigenvalue weighted by Gasteiger charge is -2.28. The summed E-state index contributed by atoms with van der Waals surface area (Å²) in [6.45, 7) is 4.47. The maximum atomic E-state index is 12.6. The van der Waals surface area contributed by atoms with Crippen molar-refractivity contribution in [3.05, 3.63) is 31.2 Å². The number of hydrogen-bond acceptors (Lipinski definition) is 4. The topological polar surface area (TPSA) is 90.3 Å². The molecule has 3 amide bonds. The van der Waals surface area contributed by atoms with Crippen LogP contribution in [0.4, 0.5) is 0 Å². The number of nitriles is 1. The molecule has 138 valence electrons. The highest BCUT2D eigenvalue weighted by Crippen LogP contribution is 2.44. The largest absolute Gasteiger partial charge is 0.336 e. The molecule has 1 aliphatic rings. The first-order chi connectivity index (χ1) is 12.0. The Morgan fingerprint density at radius 2 is 1.50 bits per heavy atom.